The van der Waals surface area contributed by atoms with Crippen molar-refractivity contribution in [2.24, 2.45) is 22.9 Å². The summed E-state index contributed by atoms with van der Waals surface area (Å²) in [7, 11) is 0. The summed E-state index contributed by atoms with van der Waals surface area (Å²) >= 11 is 10.5. The molecule has 0 aromatic heterocycles. The van der Waals surface area contributed by atoms with Gasteiger partial charge >= 0.3 is 16.8 Å². The first kappa shape index (κ1) is 36.0. The average molecular weight is 354 g/mol. The van der Waals surface area contributed by atoms with E-state index in [9.17, 15) is 0 Å². The molecule has 0 saturated heterocycles. The minimum Gasteiger partial charge on any atom is -0.696 e. The summed E-state index contributed by atoms with van der Waals surface area (Å²) in [5.74, 6) is 0. The van der Waals surface area contributed by atoms with Crippen LogP contribution in [0.3, 0.4) is 0 Å². The van der Waals surface area contributed by atoms with Crippen LogP contribution in [0.1, 0.15) is 0 Å². The fraction of sp³-hybridized carbons (Fsp3) is 0.571. The average Bonchev–Trinajstić information content (AvgIpc) is 2.32. The van der Waals surface area contributed by atoms with Crippen LogP contribution in [0.4, 0.5) is 0 Å². The molecule has 0 saturated carbocycles. The Morgan fingerprint density at radius 3 is 0.833 bits per heavy atom. The van der Waals surface area contributed by atoms with Crippen LogP contribution in [0.5, 0.6) is 0 Å². The van der Waals surface area contributed by atoms with Gasteiger partial charge in [-0.05, 0) is 0 Å². The van der Waals surface area contributed by atoms with Crippen LogP contribution in [0.15, 0.2) is 0 Å². The number of nitrogens with two attached hydrogens (primary N) is 4. The topological polar surface area (TPSA) is 175 Å². The molecular weight excluding hydrogens is 337 g/mol. The number of hydrogen-bond donors (Lipinski definition) is 5. The third-order valence-corrected chi connectivity index (χ3v) is 0.333. The van der Waals surface area contributed by atoms with E-state index < -0.39 is 0 Å². The monoisotopic (exact) mass is 354 g/mol. The number of thiol groups is 1. The Hall–Kier alpha value is -0.394. The van der Waals surface area contributed by atoms with E-state index in [0.29, 0.717) is 26.2 Å². The van der Waals surface area contributed by atoms with Crippen molar-refractivity contribution in [1.82, 2.24) is 0 Å². The molecule has 0 atom stereocenters. The summed E-state index contributed by atoms with van der Waals surface area (Å²) in [6, 6.07) is 0. The number of hydrogen-bond acceptors (Lipinski definition) is 10. The second-order valence-electron chi connectivity index (χ2n) is 1.44. The third kappa shape index (κ3) is 1290. The zero-order valence-corrected chi connectivity index (χ0v) is 13.1. The largest absolute Gasteiger partial charge is 2.00 e. The van der Waals surface area contributed by atoms with Crippen LogP contribution in [-0.4, -0.2) is 26.2 Å². The zero-order chi connectivity index (χ0) is 14.9. The second-order valence-corrected chi connectivity index (χ2v) is 2.00. The minimum absolute atomic E-state index is 0. The number of nitriles is 3. The van der Waals surface area contributed by atoms with E-state index in [1.165, 1.54) is 16.2 Å². The summed E-state index contributed by atoms with van der Waals surface area (Å²) in [5, 5.41) is 25.6. The van der Waals surface area contributed by atoms with E-state index in [1.54, 1.807) is 0 Å². The molecule has 0 aliphatic heterocycles. The smallest absolute Gasteiger partial charge is 0.696 e. The predicted molar refractivity (Wildman–Crippen MR) is 76.8 cm³/mol. The van der Waals surface area contributed by atoms with Crippen molar-refractivity contribution >= 4 is 37.9 Å². The van der Waals surface area contributed by atoms with Gasteiger partial charge in [-0.1, -0.05) is 23.4 Å². The van der Waals surface area contributed by atoms with Crippen LogP contribution in [0, 0.1) is 32.0 Å². The zero-order valence-electron chi connectivity index (χ0n) is 9.58. The van der Waals surface area contributed by atoms with Crippen molar-refractivity contribution in [2.45, 2.75) is 0 Å². The van der Waals surface area contributed by atoms with E-state index in [1.807, 2.05) is 0 Å². The van der Waals surface area contributed by atoms with Crippen LogP contribution >= 0.6 is 12.6 Å². The van der Waals surface area contributed by atoms with Crippen LogP contribution in [-0.2, 0) is 42.0 Å². The fourth-order valence-electron chi connectivity index (χ4n) is 0. The SMILES string of the molecule is N#CS.N#C[S-].N#C[S-].NCCN.NCCN.[Co+2]. The molecule has 1 radical (unpaired) electrons. The van der Waals surface area contributed by atoms with Crippen molar-refractivity contribution in [3.8, 4) is 16.2 Å². The van der Waals surface area contributed by atoms with Gasteiger partial charge < -0.3 is 48.2 Å². The molecule has 0 spiro atoms. The second kappa shape index (κ2) is 92.7. The summed E-state index contributed by atoms with van der Waals surface area (Å²) in [6.07, 6.45) is 0. The quantitative estimate of drug-likeness (QED) is 0.218. The number of nitrogens with zero attached hydrogens (tertiary/aromatic N) is 3. The van der Waals surface area contributed by atoms with Crippen LogP contribution in [0.2, 0.25) is 0 Å². The summed E-state index contributed by atoms with van der Waals surface area (Å²) in [5.41, 5.74) is 19.6. The number of thiocyanates is 3. The molecule has 0 fully saturated rings. The molecule has 0 heterocycles. The molecule has 0 aromatic rings. The Labute approximate surface area is 135 Å². The van der Waals surface area contributed by atoms with Crippen molar-refractivity contribution < 1.29 is 16.8 Å². The summed E-state index contributed by atoms with van der Waals surface area (Å²) in [6.45, 7) is 2.39. The van der Waals surface area contributed by atoms with Gasteiger partial charge in [0.1, 0.15) is 5.40 Å². The maximum atomic E-state index is 7.18. The van der Waals surface area contributed by atoms with Gasteiger partial charge in [0.25, 0.3) is 0 Å². The Bertz CT molecular complexity index is 162. The summed E-state index contributed by atoms with van der Waals surface area (Å²) in [4.78, 5) is 0. The van der Waals surface area contributed by atoms with Crippen molar-refractivity contribution in [1.29, 1.82) is 15.8 Å². The molecule has 0 unspecified atom stereocenters. The Kier molecular flexibility index (Phi) is 186. The Morgan fingerprint density at radius 1 is 0.778 bits per heavy atom. The maximum absolute atomic E-state index is 7.18. The molecule has 0 amide bonds. The van der Waals surface area contributed by atoms with Crippen LogP contribution in [0.25, 0.3) is 0 Å². The molecule has 0 bridgehead atoms. The summed E-state index contributed by atoms with van der Waals surface area (Å²) < 4.78 is 0. The molecule has 107 valence electrons. The van der Waals surface area contributed by atoms with Crippen molar-refractivity contribution in [2.75, 3.05) is 26.2 Å². The van der Waals surface area contributed by atoms with Gasteiger partial charge in [0.15, 0.2) is 0 Å². The van der Waals surface area contributed by atoms with Crippen molar-refractivity contribution in [3.05, 3.63) is 0 Å². The van der Waals surface area contributed by atoms with Gasteiger partial charge in [-0.3, -0.25) is 0 Å². The van der Waals surface area contributed by atoms with Crippen molar-refractivity contribution in [3.63, 3.8) is 0 Å². The minimum atomic E-state index is 0. The molecule has 7 nitrogen and oxygen atoms in total. The molecular formula is C7H17CoN7S3. The van der Waals surface area contributed by atoms with Gasteiger partial charge in [-0.2, -0.15) is 5.26 Å². The maximum Gasteiger partial charge on any atom is 2.00 e. The van der Waals surface area contributed by atoms with Gasteiger partial charge in [0.05, 0.1) is 0 Å². The third-order valence-electron chi connectivity index (χ3n) is 0.333. The van der Waals surface area contributed by atoms with Gasteiger partial charge in [-0.25, -0.2) is 10.5 Å². The molecule has 18 heavy (non-hydrogen) atoms. The van der Waals surface area contributed by atoms with Gasteiger partial charge in [-0.15, -0.1) is 0 Å². The molecule has 0 rings (SSSR count). The first-order valence-electron chi connectivity index (χ1n) is 3.94. The predicted octanol–water partition coefficient (Wildman–Crippen LogP) is -1.77. The molecule has 8 N–H and O–H groups in total. The standard InChI is InChI=1S/2C2H8N2.3CHNS.Co/c2*3-1-2-4;3*2-1-3;/h2*1-4H2;3*3H;/q;;;;;+2/p-2. The van der Waals surface area contributed by atoms with E-state index in [2.05, 4.69) is 37.9 Å². The van der Waals surface area contributed by atoms with E-state index in [4.69, 9.17) is 38.7 Å². The molecule has 0 aromatic carbocycles. The van der Waals surface area contributed by atoms with E-state index >= 15 is 0 Å². The Morgan fingerprint density at radius 2 is 0.833 bits per heavy atom. The molecule has 0 aliphatic rings. The Balaban J connectivity index is -0.0000000249. The normalized spacial score (nSPS) is 4.56. The molecule has 11 heteroatoms. The first-order chi connectivity index (χ1) is 8.07. The van der Waals surface area contributed by atoms with Gasteiger partial charge in [0.2, 0.25) is 0 Å². The van der Waals surface area contributed by atoms with Gasteiger partial charge in [0, 0.05) is 26.2 Å². The van der Waals surface area contributed by atoms with E-state index in [0.717, 1.165) is 0 Å². The fourth-order valence-corrected chi connectivity index (χ4v) is 0. The van der Waals surface area contributed by atoms with Crippen LogP contribution < -0.4 is 22.9 Å². The molecule has 0 aliphatic carbocycles. The first-order valence-corrected chi connectivity index (χ1v) is 5.20. The number of rotatable bonds is 2. The van der Waals surface area contributed by atoms with E-state index in [-0.39, 0.29) is 16.8 Å².